The van der Waals surface area contributed by atoms with Crippen LogP contribution in [0.1, 0.15) is 23.4 Å². The van der Waals surface area contributed by atoms with Crippen LogP contribution < -0.4 is 0 Å². The number of sulfone groups is 1. The molecule has 1 aromatic heterocycles. The van der Waals surface area contributed by atoms with Gasteiger partial charge in [0.05, 0.1) is 23.1 Å². The molecule has 1 aromatic rings. The molecule has 0 bridgehead atoms. The van der Waals surface area contributed by atoms with Gasteiger partial charge in [0.15, 0.2) is 9.84 Å². The first-order valence-corrected chi connectivity index (χ1v) is 8.48. The molecule has 1 fully saturated rings. The van der Waals surface area contributed by atoms with Gasteiger partial charge in [0.1, 0.15) is 0 Å². The van der Waals surface area contributed by atoms with Crippen molar-refractivity contribution in [2.24, 2.45) is 13.0 Å². The molecule has 1 atom stereocenters. The van der Waals surface area contributed by atoms with Crippen LogP contribution >= 0.6 is 0 Å². The van der Waals surface area contributed by atoms with Gasteiger partial charge in [0, 0.05) is 31.9 Å². The van der Waals surface area contributed by atoms with Crippen LogP contribution in [0.5, 0.6) is 0 Å². The first-order valence-electron chi connectivity index (χ1n) is 6.66. The van der Waals surface area contributed by atoms with Gasteiger partial charge in [-0.2, -0.15) is 5.10 Å². The van der Waals surface area contributed by atoms with Crippen LogP contribution in [-0.2, 0) is 28.2 Å². The van der Waals surface area contributed by atoms with Gasteiger partial charge >= 0.3 is 0 Å². The molecule has 20 heavy (non-hydrogen) atoms. The van der Waals surface area contributed by atoms with Crippen LogP contribution in [0.4, 0.5) is 0 Å². The fourth-order valence-electron chi connectivity index (χ4n) is 2.66. The minimum Gasteiger partial charge on any atom is -0.341 e. The number of hydrogen-bond acceptors (Lipinski definition) is 4. The van der Waals surface area contributed by atoms with E-state index < -0.39 is 9.84 Å². The summed E-state index contributed by atoms with van der Waals surface area (Å²) in [5.74, 6) is -0.361. The zero-order valence-corrected chi connectivity index (χ0v) is 13.2. The smallest absolute Gasteiger partial charge is 0.226 e. The van der Waals surface area contributed by atoms with E-state index in [4.69, 9.17) is 0 Å². The Kier molecular flexibility index (Phi) is 3.90. The highest BCUT2D eigenvalue weighted by molar-refractivity contribution is 7.91. The van der Waals surface area contributed by atoms with Crippen molar-refractivity contribution in [2.75, 3.05) is 18.6 Å². The maximum atomic E-state index is 12.3. The highest BCUT2D eigenvalue weighted by Crippen LogP contribution is 2.22. The summed E-state index contributed by atoms with van der Waals surface area (Å²) in [5, 5.41) is 4.33. The number of rotatable bonds is 3. The van der Waals surface area contributed by atoms with E-state index in [1.54, 1.807) is 16.6 Å². The lowest BCUT2D eigenvalue weighted by Gasteiger charge is -2.20. The van der Waals surface area contributed by atoms with E-state index >= 15 is 0 Å². The third-order valence-electron chi connectivity index (χ3n) is 4.01. The Balaban J connectivity index is 2.09. The van der Waals surface area contributed by atoms with Crippen LogP contribution in [0.3, 0.4) is 0 Å². The summed E-state index contributed by atoms with van der Waals surface area (Å²) in [7, 11) is 0.571. The Hall–Kier alpha value is -1.37. The second-order valence-corrected chi connectivity index (χ2v) is 7.80. The molecule has 112 valence electrons. The van der Waals surface area contributed by atoms with Gasteiger partial charge in [-0.25, -0.2) is 8.42 Å². The van der Waals surface area contributed by atoms with Gasteiger partial charge in [-0.05, 0) is 20.3 Å². The number of hydrogen-bond donors (Lipinski definition) is 0. The van der Waals surface area contributed by atoms with Gasteiger partial charge in [-0.3, -0.25) is 9.48 Å². The number of carbonyl (C=O) groups excluding carboxylic acids is 1. The number of carbonyl (C=O) groups is 1. The molecule has 0 radical (unpaired) electrons. The van der Waals surface area contributed by atoms with Crippen LogP contribution in [0.25, 0.3) is 0 Å². The maximum Gasteiger partial charge on any atom is 0.226 e. The molecular weight excluding hydrogens is 278 g/mol. The topological polar surface area (TPSA) is 72.3 Å². The van der Waals surface area contributed by atoms with Crippen molar-refractivity contribution in [2.45, 2.75) is 26.8 Å². The summed E-state index contributed by atoms with van der Waals surface area (Å²) in [5.41, 5.74) is 2.97. The summed E-state index contributed by atoms with van der Waals surface area (Å²) in [6, 6.07) is 0. The molecule has 0 aromatic carbocycles. The zero-order valence-electron chi connectivity index (χ0n) is 12.4. The summed E-state index contributed by atoms with van der Waals surface area (Å²) in [6.07, 6.45) is 0.441. The van der Waals surface area contributed by atoms with E-state index in [0.717, 1.165) is 17.0 Å². The molecule has 1 saturated heterocycles. The van der Waals surface area contributed by atoms with Crippen LogP contribution in [0, 0.1) is 19.8 Å². The third-order valence-corrected chi connectivity index (χ3v) is 5.78. The molecule has 1 amide bonds. The van der Waals surface area contributed by atoms with Gasteiger partial charge in [-0.15, -0.1) is 0 Å². The van der Waals surface area contributed by atoms with E-state index in [1.807, 2.05) is 20.9 Å². The average Bonchev–Trinajstić information content (AvgIpc) is 2.83. The van der Waals surface area contributed by atoms with Crippen molar-refractivity contribution < 1.29 is 13.2 Å². The maximum absolute atomic E-state index is 12.3. The largest absolute Gasteiger partial charge is 0.341 e. The van der Waals surface area contributed by atoms with Gasteiger partial charge in [0.2, 0.25) is 5.91 Å². The fraction of sp³-hybridized carbons (Fsp3) is 0.692. The lowest BCUT2D eigenvalue weighted by molar-refractivity contribution is -0.133. The second kappa shape index (κ2) is 5.20. The molecule has 7 heteroatoms. The van der Waals surface area contributed by atoms with E-state index in [-0.39, 0.29) is 23.3 Å². The van der Waals surface area contributed by atoms with E-state index in [1.165, 1.54) is 0 Å². The Morgan fingerprint density at radius 1 is 1.45 bits per heavy atom. The van der Waals surface area contributed by atoms with Crippen molar-refractivity contribution >= 4 is 15.7 Å². The van der Waals surface area contributed by atoms with E-state index in [2.05, 4.69) is 5.10 Å². The van der Waals surface area contributed by atoms with Crippen molar-refractivity contribution in [1.29, 1.82) is 0 Å². The van der Waals surface area contributed by atoms with Crippen molar-refractivity contribution in [3.8, 4) is 0 Å². The Bertz CT molecular complexity index is 634. The average molecular weight is 299 g/mol. The van der Waals surface area contributed by atoms with Crippen molar-refractivity contribution in [3.05, 3.63) is 17.0 Å². The Labute approximate surface area is 119 Å². The number of nitrogens with zero attached hydrogens (tertiary/aromatic N) is 3. The molecule has 0 aliphatic carbocycles. The highest BCUT2D eigenvalue weighted by atomic mass is 32.2. The molecule has 0 saturated carbocycles. The third kappa shape index (κ3) is 2.87. The molecule has 6 nitrogen and oxygen atoms in total. The van der Waals surface area contributed by atoms with Gasteiger partial charge < -0.3 is 4.90 Å². The minimum atomic E-state index is -3.02. The predicted molar refractivity (Wildman–Crippen MR) is 75.9 cm³/mol. The minimum absolute atomic E-state index is 0.0127. The number of amides is 1. The fourth-order valence-corrected chi connectivity index (χ4v) is 4.40. The first kappa shape index (κ1) is 15.0. The molecule has 1 aliphatic rings. The van der Waals surface area contributed by atoms with Gasteiger partial charge in [0.25, 0.3) is 0 Å². The monoisotopic (exact) mass is 299 g/mol. The van der Waals surface area contributed by atoms with Crippen molar-refractivity contribution in [3.63, 3.8) is 0 Å². The molecule has 1 aliphatic heterocycles. The molecule has 0 N–H and O–H groups in total. The second-order valence-electron chi connectivity index (χ2n) is 5.57. The molecular formula is C13H21N3O3S. The molecule has 0 spiro atoms. The summed E-state index contributed by atoms with van der Waals surface area (Å²) >= 11 is 0. The van der Waals surface area contributed by atoms with E-state index in [9.17, 15) is 13.2 Å². The number of aryl methyl sites for hydroxylation is 2. The quantitative estimate of drug-likeness (QED) is 0.811. The zero-order chi connectivity index (χ0) is 15.1. The summed E-state index contributed by atoms with van der Waals surface area (Å²) in [4.78, 5) is 13.9. The van der Waals surface area contributed by atoms with Crippen LogP contribution in [-0.4, -0.2) is 47.6 Å². The van der Waals surface area contributed by atoms with Crippen molar-refractivity contribution in [1.82, 2.24) is 14.7 Å². The Morgan fingerprint density at radius 2 is 2.10 bits per heavy atom. The normalized spacial score (nSPS) is 21.1. The molecule has 2 heterocycles. The summed E-state index contributed by atoms with van der Waals surface area (Å²) in [6.45, 7) is 4.36. The highest BCUT2D eigenvalue weighted by Gasteiger charge is 2.34. The standard InChI is InChI=1S/C13H21N3O3S/c1-9-12(10(2)16(4)14-9)7-15(3)13(17)11-5-6-20(18,19)8-11/h11H,5-8H2,1-4H3. The van der Waals surface area contributed by atoms with Crippen LogP contribution in [0.15, 0.2) is 0 Å². The Morgan fingerprint density at radius 3 is 2.55 bits per heavy atom. The molecule has 1 unspecified atom stereocenters. The lowest BCUT2D eigenvalue weighted by atomic mass is 10.1. The van der Waals surface area contributed by atoms with Crippen LogP contribution in [0.2, 0.25) is 0 Å². The van der Waals surface area contributed by atoms with Gasteiger partial charge in [-0.1, -0.05) is 0 Å². The van der Waals surface area contributed by atoms with E-state index in [0.29, 0.717) is 13.0 Å². The summed E-state index contributed by atoms with van der Waals surface area (Å²) < 4.78 is 24.7. The number of aromatic nitrogens is 2. The predicted octanol–water partition coefficient (Wildman–Crippen LogP) is 0.430. The lowest BCUT2D eigenvalue weighted by Crippen LogP contribution is -2.33. The first-order chi connectivity index (χ1) is 9.21. The molecule has 2 rings (SSSR count). The SMILES string of the molecule is Cc1nn(C)c(C)c1CN(C)C(=O)C1CCS(=O)(=O)C1.